The van der Waals surface area contributed by atoms with Crippen LogP contribution in [-0.4, -0.2) is 5.91 Å². The molecule has 3 rings (SSSR count). The Hall–Kier alpha value is -0.840. The molecule has 1 N–H and O–H groups in total. The minimum absolute atomic E-state index is 0.0899. The summed E-state index contributed by atoms with van der Waals surface area (Å²) >= 11 is 11.1. The second-order valence-corrected chi connectivity index (χ2v) is 7.31. The molecule has 2 nitrogen and oxygen atoms in total. The van der Waals surface area contributed by atoms with Gasteiger partial charge in [-0.15, -0.1) is 11.3 Å². The van der Waals surface area contributed by atoms with Crippen LogP contribution in [0.5, 0.6) is 0 Å². The number of carbonyl (C=O) groups excluding carboxylic acids is 1. The molecule has 0 aliphatic heterocycles. The lowest BCUT2D eigenvalue weighted by Gasteiger charge is -2.05. The summed E-state index contributed by atoms with van der Waals surface area (Å²) in [7, 11) is 0. The highest BCUT2D eigenvalue weighted by Crippen LogP contribution is 2.30. The van der Waals surface area contributed by atoms with E-state index >= 15 is 0 Å². The molecule has 0 saturated heterocycles. The van der Waals surface area contributed by atoms with Crippen LogP contribution in [0.2, 0.25) is 5.02 Å². The van der Waals surface area contributed by atoms with Crippen molar-refractivity contribution in [1.29, 1.82) is 0 Å². The van der Waals surface area contributed by atoms with Crippen molar-refractivity contribution in [2.24, 2.45) is 0 Å². The molecule has 0 unspecified atom stereocenters. The Kier molecular flexibility index (Phi) is 4.15. The number of benzene rings is 1. The Balaban J connectivity index is 1.65. The van der Waals surface area contributed by atoms with E-state index in [1.54, 1.807) is 18.2 Å². The normalized spacial score (nSPS) is 13.3. The van der Waals surface area contributed by atoms with Crippen molar-refractivity contribution in [3.8, 4) is 0 Å². The molecule has 0 spiro atoms. The molecule has 1 aliphatic carbocycles. The minimum atomic E-state index is -0.0899. The van der Waals surface area contributed by atoms with Crippen LogP contribution in [0.15, 0.2) is 28.7 Å². The molecule has 2 aromatic rings. The highest BCUT2D eigenvalue weighted by atomic mass is 79.9. The summed E-state index contributed by atoms with van der Waals surface area (Å²) in [6.07, 6.45) is 3.64. The molecule has 1 aromatic carbocycles. The lowest BCUT2D eigenvalue weighted by Crippen LogP contribution is -2.22. The molecule has 104 valence electrons. The van der Waals surface area contributed by atoms with Crippen molar-refractivity contribution in [2.75, 3.05) is 0 Å². The van der Waals surface area contributed by atoms with Crippen LogP contribution >= 0.6 is 38.9 Å². The van der Waals surface area contributed by atoms with E-state index in [2.05, 4.69) is 27.3 Å². The fraction of sp³-hybridized carbons (Fsp3) is 0.267. The summed E-state index contributed by atoms with van der Waals surface area (Å²) in [5.74, 6) is -0.0899. The molecular weight excluding hydrogens is 358 g/mol. The maximum absolute atomic E-state index is 12.1. The van der Waals surface area contributed by atoms with Crippen molar-refractivity contribution in [3.63, 3.8) is 0 Å². The van der Waals surface area contributed by atoms with Gasteiger partial charge in [0.1, 0.15) is 0 Å². The van der Waals surface area contributed by atoms with E-state index < -0.39 is 0 Å². The van der Waals surface area contributed by atoms with Gasteiger partial charge in [0.2, 0.25) is 0 Å². The molecule has 0 fully saturated rings. The van der Waals surface area contributed by atoms with Gasteiger partial charge < -0.3 is 5.32 Å². The van der Waals surface area contributed by atoms with Gasteiger partial charge in [-0.25, -0.2) is 0 Å². The highest BCUT2D eigenvalue weighted by Gasteiger charge is 2.15. The zero-order valence-electron chi connectivity index (χ0n) is 10.7. The van der Waals surface area contributed by atoms with Gasteiger partial charge in [0.05, 0.1) is 11.6 Å². The molecule has 1 aliphatic rings. The first-order valence-corrected chi connectivity index (χ1v) is 8.46. The van der Waals surface area contributed by atoms with Crippen molar-refractivity contribution in [1.82, 2.24) is 5.32 Å². The quantitative estimate of drug-likeness (QED) is 0.841. The zero-order chi connectivity index (χ0) is 14.1. The fourth-order valence-electron chi connectivity index (χ4n) is 2.38. The number of rotatable bonds is 3. The van der Waals surface area contributed by atoms with E-state index in [9.17, 15) is 4.79 Å². The van der Waals surface area contributed by atoms with Gasteiger partial charge in [0, 0.05) is 19.8 Å². The second kappa shape index (κ2) is 5.88. The second-order valence-electron chi connectivity index (χ2n) is 4.83. The van der Waals surface area contributed by atoms with Crippen LogP contribution in [0, 0.1) is 0 Å². The maximum atomic E-state index is 12.1. The molecule has 1 heterocycles. The van der Waals surface area contributed by atoms with Crippen LogP contribution in [0.1, 0.15) is 32.1 Å². The monoisotopic (exact) mass is 369 g/mol. The number of hydrogen-bond acceptors (Lipinski definition) is 2. The first-order valence-electron chi connectivity index (χ1n) is 6.47. The Morgan fingerprint density at radius 2 is 2.20 bits per heavy atom. The minimum Gasteiger partial charge on any atom is -0.347 e. The molecule has 0 atom stereocenters. The van der Waals surface area contributed by atoms with E-state index in [-0.39, 0.29) is 5.91 Å². The van der Waals surface area contributed by atoms with Crippen molar-refractivity contribution in [3.05, 3.63) is 54.6 Å². The lowest BCUT2D eigenvalue weighted by molar-refractivity contribution is 0.0951. The molecular formula is C15H13BrClNOS. The third-order valence-electron chi connectivity index (χ3n) is 3.40. The van der Waals surface area contributed by atoms with Gasteiger partial charge in [-0.3, -0.25) is 4.79 Å². The summed E-state index contributed by atoms with van der Waals surface area (Å²) in [6.45, 7) is 0.587. The van der Waals surface area contributed by atoms with Gasteiger partial charge in [0.15, 0.2) is 0 Å². The van der Waals surface area contributed by atoms with E-state index in [4.69, 9.17) is 11.6 Å². The van der Waals surface area contributed by atoms with Crippen LogP contribution < -0.4 is 5.32 Å². The summed E-state index contributed by atoms with van der Waals surface area (Å²) in [4.78, 5) is 14.8. The Morgan fingerprint density at radius 3 is 2.95 bits per heavy atom. The average molecular weight is 371 g/mol. The van der Waals surface area contributed by atoms with Crippen LogP contribution in [-0.2, 0) is 19.4 Å². The van der Waals surface area contributed by atoms with Gasteiger partial charge in [-0.1, -0.05) is 11.6 Å². The predicted molar refractivity (Wildman–Crippen MR) is 86.7 cm³/mol. The smallest absolute Gasteiger partial charge is 0.251 e. The molecule has 0 radical (unpaired) electrons. The third kappa shape index (κ3) is 2.92. The Morgan fingerprint density at radius 1 is 1.35 bits per heavy atom. The lowest BCUT2D eigenvalue weighted by atomic mass is 10.2. The van der Waals surface area contributed by atoms with Crippen LogP contribution in [0.25, 0.3) is 0 Å². The zero-order valence-corrected chi connectivity index (χ0v) is 13.9. The van der Waals surface area contributed by atoms with E-state index in [0.29, 0.717) is 17.1 Å². The fourth-order valence-corrected chi connectivity index (χ4v) is 4.01. The Labute approximate surface area is 135 Å². The predicted octanol–water partition coefficient (Wildman–Crippen LogP) is 4.58. The van der Waals surface area contributed by atoms with E-state index in [1.807, 2.05) is 11.3 Å². The molecule has 1 aromatic heterocycles. The molecule has 0 bridgehead atoms. The molecule has 5 heteroatoms. The molecule has 0 saturated carbocycles. The summed E-state index contributed by atoms with van der Waals surface area (Å²) < 4.78 is 0.797. The van der Waals surface area contributed by atoms with Crippen molar-refractivity contribution in [2.45, 2.75) is 25.8 Å². The SMILES string of the molecule is O=C(NCc1cc2c(s1)CCC2)c1ccc(Br)c(Cl)c1. The van der Waals surface area contributed by atoms with Crippen molar-refractivity contribution < 1.29 is 4.79 Å². The van der Waals surface area contributed by atoms with E-state index in [0.717, 1.165) is 4.47 Å². The first-order chi connectivity index (χ1) is 9.63. The van der Waals surface area contributed by atoms with Crippen LogP contribution in [0.3, 0.4) is 0 Å². The van der Waals surface area contributed by atoms with Gasteiger partial charge in [-0.2, -0.15) is 0 Å². The van der Waals surface area contributed by atoms with Gasteiger partial charge in [0.25, 0.3) is 5.91 Å². The maximum Gasteiger partial charge on any atom is 0.251 e. The number of halogens is 2. The van der Waals surface area contributed by atoms with Gasteiger partial charge >= 0.3 is 0 Å². The highest BCUT2D eigenvalue weighted by molar-refractivity contribution is 9.10. The Bertz CT molecular complexity index is 646. The number of carbonyl (C=O) groups is 1. The standard InChI is InChI=1S/C15H13BrClNOS/c16-12-5-4-10(7-13(12)17)15(19)18-8-11-6-9-2-1-3-14(9)20-11/h4-7H,1-3,8H2,(H,18,19). The largest absolute Gasteiger partial charge is 0.347 e. The number of amides is 1. The topological polar surface area (TPSA) is 29.1 Å². The number of thiophene rings is 1. The van der Waals surface area contributed by atoms with Crippen LogP contribution in [0.4, 0.5) is 0 Å². The number of fused-ring (bicyclic) bond motifs is 1. The number of hydrogen-bond donors (Lipinski definition) is 1. The number of aryl methyl sites for hydroxylation is 2. The van der Waals surface area contributed by atoms with E-state index in [1.165, 1.54) is 34.6 Å². The molecule has 20 heavy (non-hydrogen) atoms. The third-order valence-corrected chi connectivity index (χ3v) is 5.87. The summed E-state index contributed by atoms with van der Waals surface area (Å²) in [5, 5.41) is 3.50. The molecule has 1 amide bonds. The van der Waals surface area contributed by atoms with Gasteiger partial charge in [-0.05, 0) is 65.0 Å². The first kappa shape index (κ1) is 14.1. The average Bonchev–Trinajstić information content (AvgIpc) is 3.00. The summed E-state index contributed by atoms with van der Waals surface area (Å²) in [5.41, 5.74) is 2.05. The number of nitrogens with one attached hydrogen (secondary N) is 1. The van der Waals surface area contributed by atoms with Crippen molar-refractivity contribution >= 4 is 44.8 Å². The summed E-state index contributed by atoms with van der Waals surface area (Å²) in [6, 6.07) is 7.45.